The Morgan fingerprint density at radius 2 is 1.83 bits per heavy atom. The van der Waals surface area contributed by atoms with Gasteiger partial charge < -0.3 is 15.7 Å². The zero-order chi connectivity index (χ0) is 18.8. The summed E-state index contributed by atoms with van der Waals surface area (Å²) in [7, 11) is 0. The molecule has 0 saturated carbocycles. The lowest BCUT2D eigenvalue weighted by molar-refractivity contribution is -0.267. The van der Waals surface area contributed by atoms with Gasteiger partial charge in [0.15, 0.2) is 0 Å². The van der Waals surface area contributed by atoms with E-state index in [9.17, 15) is 27.9 Å². The topological polar surface area (TPSA) is 91.3 Å². The molecule has 1 unspecified atom stereocenters. The van der Waals surface area contributed by atoms with Crippen molar-refractivity contribution in [2.24, 2.45) is 0 Å². The Hall–Kier alpha value is -1.68. The Bertz CT molecular complexity index is 610. The maximum Gasteiger partial charge on any atom is 0.424 e. The third-order valence-corrected chi connectivity index (χ3v) is 3.93. The Morgan fingerprint density at radius 3 is 2.25 bits per heavy atom. The number of hydrogen-bond acceptors (Lipinski definition) is 5. The average Bonchev–Trinajstić information content (AvgIpc) is 2.80. The fourth-order valence-corrected chi connectivity index (χ4v) is 2.69. The Labute approximate surface area is 141 Å². The van der Waals surface area contributed by atoms with Gasteiger partial charge in [-0.05, 0) is 27.7 Å². The van der Waals surface area contributed by atoms with Crippen molar-refractivity contribution in [3.05, 3.63) is 16.1 Å². The molecule has 1 aromatic heterocycles. The summed E-state index contributed by atoms with van der Waals surface area (Å²) in [5.74, 6) is -1.65. The quantitative estimate of drug-likeness (QED) is 0.738. The van der Waals surface area contributed by atoms with Gasteiger partial charge >= 0.3 is 6.18 Å². The summed E-state index contributed by atoms with van der Waals surface area (Å²) in [5.41, 5.74) is -3.62. The highest BCUT2D eigenvalue weighted by Gasteiger charge is 2.58. The van der Waals surface area contributed by atoms with Crippen molar-refractivity contribution in [1.82, 2.24) is 15.6 Å². The predicted octanol–water partition coefficient (Wildman–Crippen LogP) is 1.62. The zero-order valence-corrected chi connectivity index (χ0v) is 14.6. The van der Waals surface area contributed by atoms with Gasteiger partial charge in [-0.1, -0.05) is 0 Å². The molecule has 0 aliphatic rings. The van der Waals surface area contributed by atoms with Crippen LogP contribution in [0, 0.1) is 6.92 Å². The van der Waals surface area contributed by atoms with E-state index >= 15 is 0 Å². The number of amides is 2. The van der Waals surface area contributed by atoms with Gasteiger partial charge in [0.25, 0.3) is 0 Å². The number of aromatic nitrogens is 1. The number of carbonyl (C=O) groups excluding carboxylic acids is 2. The van der Waals surface area contributed by atoms with Gasteiger partial charge in [-0.25, -0.2) is 4.98 Å². The van der Waals surface area contributed by atoms with E-state index < -0.39 is 47.1 Å². The number of thiazole rings is 1. The second kappa shape index (κ2) is 7.06. The number of hydrogen-bond donors (Lipinski definition) is 3. The van der Waals surface area contributed by atoms with Gasteiger partial charge in [0, 0.05) is 16.6 Å². The van der Waals surface area contributed by atoms with E-state index in [4.69, 9.17) is 0 Å². The van der Waals surface area contributed by atoms with Crippen LogP contribution in [0.4, 0.5) is 13.2 Å². The number of aliphatic hydroxyl groups is 1. The van der Waals surface area contributed by atoms with Crippen molar-refractivity contribution < 1.29 is 27.9 Å². The van der Waals surface area contributed by atoms with Crippen LogP contribution in [0.25, 0.3) is 0 Å². The smallest absolute Gasteiger partial charge is 0.374 e. The first kappa shape index (κ1) is 20.4. The second-order valence-electron chi connectivity index (χ2n) is 6.40. The van der Waals surface area contributed by atoms with Crippen LogP contribution in [0.15, 0.2) is 5.38 Å². The molecule has 136 valence electrons. The van der Waals surface area contributed by atoms with Gasteiger partial charge in [-0.2, -0.15) is 13.2 Å². The number of nitrogens with zero attached hydrogens (tertiary/aromatic N) is 1. The van der Waals surface area contributed by atoms with Crippen molar-refractivity contribution in [2.75, 3.05) is 6.54 Å². The predicted molar refractivity (Wildman–Crippen MR) is 82.3 cm³/mol. The van der Waals surface area contributed by atoms with E-state index in [2.05, 4.69) is 15.6 Å². The molecule has 0 bridgehead atoms. The van der Waals surface area contributed by atoms with Crippen molar-refractivity contribution in [2.45, 2.75) is 51.4 Å². The minimum Gasteiger partial charge on any atom is -0.374 e. The molecule has 0 aliphatic carbocycles. The molecule has 1 heterocycles. The van der Waals surface area contributed by atoms with Crippen molar-refractivity contribution in [3.8, 4) is 0 Å². The first-order valence-electron chi connectivity index (χ1n) is 7.04. The van der Waals surface area contributed by atoms with Crippen LogP contribution in [0.2, 0.25) is 0 Å². The van der Waals surface area contributed by atoms with Gasteiger partial charge in [0.1, 0.15) is 5.01 Å². The van der Waals surface area contributed by atoms with Gasteiger partial charge in [-0.15, -0.1) is 11.3 Å². The molecular weight excluding hydrogens is 347 g/mol. The summed E-state index contributed by atoms with van der Waals surface area (Å²) in [4.78, 5) is 27.0. The van der Waals surface area contributed by atoms with Gasteiger partial charge in [0.2, 0.25) is 17.4 Å². The highest BCUT2D eigenvalue weighted by molar-refractivity contribution is 7.09. The molecule has 10 heteroatoms. The van der Waals surface area contributed by atoms with E-state index in [0.29, 0.717) is 17.0 Å². The summed E-state index contributed by atoms with van der Waals surface area (Å²) in [6.07, 6.45) is -6.35. The lowest BCUT2D eigenvalue weighted by Crippen LogP contribution is -2.49. The average molecular weight is 367 g/mol. The monoisotopic (exact) mass is 367 g/mol. The van der Waals surface area contributed by atoms with Crippen LogP contribution >= 0.6 is 11.3 Å². The number of aryl methyl sites for hydroxylation is 1. The molecule has 6 nitrogen and oxygen atoms in total. The Kier molecular flexibility index (Phi) is 5.99. The molecule has 0 aliphatic heterocycles. The summed E-state index contributed by atoms with van der Waals surface area (Å²) < 4.78 is 39.7. The molecule has 2 amide bonds. The van der Waals surface area contributed by atoms with Crippen LogP contribution in [0.1, 0.15) is 37.9 Å². The fraction of sp³-hybridized carbons (Fsp3) is 0.643. The highest BCUT2D eigenvalue weighted by atomic mass is 32.1. The van der Waals surface area contributed by atoms with Crippen LogP contribution < -0.4 is 10.6 Å². The molecule has 1 aromatic rings. The van der Waals surface area contributed by atoms with Crippen molar-refractivity contribution in [3.63, 3.8) is 0 Å². The van der Waals surface area contributed by atoms with Crippen LogP contribution in [0.5, 0.6) is 0 Å². The third kappa shape index (κ3) is 5.45. The maximum absolute atomic E-state index is 13.2. The largest absolute Gasteiger partial charge is 0.424 e. The van der Waals surface area contributed by atoms with Crippen LogP contribution in [0.3, 0.4) is 0 Å². The van der Waals surface area contributed by atoms with E-state index in [1.807, 2.05) is 0 Å². The number of carbonyl (C=O) groups is 2. The Balaban J connectivity index is 2.78. The molecular formula is C14H20F3N3O3S. The Morgan fingerprint density at radius 1 is 1.25 bits per heavy atom. The molecule has 0 saturated heterocycles. The van der Waals surface area contributed by atoms with E-state index in [-0.39, 0.29) is 0 Å². The molecule has 24 heavy (non-hydrogen) atoms. The number of nitrogens with one attached hydrogen (secondary N) is 2. The van der Waals surface area contributed by atoms with E-state index in [0.717, 1.165) is 0 Å². The normalized spacial score (nSPS) is 14.8. The lowest BCUT2D eigenvalue weighted by Gasteiger charge is -2.28. The molecule has 0 radical (unpaired) electrons. The number of rotatable bonds is 5. The number of halogens is 3. The summed E-state index contributed by atoms with van der Waals surface area (Å²) in [6, 6.07) is 0. The van der Waals surface area contributed by atoms with Crippen LogP contribution in [-0.2, 0) is 15.2 Å². The maximum atomic E-state index is 13.2. The zero-order valence-electron chi connectivity index (χ0n) is 13.7. The van der Waals surface area contributed by atoms with Crippen molar-refractivity contribution in [1.29, 1.82) is 0 Å². The fourth-order valence-electron chi connectivity index (χ4n) is 1.78. The molecule has 3 N–H and O–H groups in total. The molecule has 0 fully saturated rings. The van der Waals surface area contributed by atoms with Crippen LogP contribution in [-0.4, -0.2) is 40.2 Å². The summed E-state index contributed by atoms with van der Waals surface area (Å²) in [6.45, 7) is 6.16. The molecule has 0 spiro atoms. The first-order chi connectivity index (χ1) is 10.7. The van der Waals surface area contributed by atoms with E-state index in [1.54, 1.807) is 20.8 Å². The molecule has 1 atom stereocenters. The van der Waals surface area contributed by atoms with E-state index in [1.165, 1.54) is 12.3 Å². The third-order valence-electron chi connectivity index (χ3n) is 2.82. The summed E-state index contributed by atoms with van der Waals surface area (Å²) >= 11 is 0.617. The molecule has 1 rings (SSSR count). The summed E-state index contributed by atoms with van der Waals surface area (Å²) in [5, 5.41) is 15.4. The van der Waals surface area contributed by atoms with Gasteiger partial charge in [0.05, 0.1) is 13.0 Å². The minimum atomic E-state index is -5.08. The standard InChI is InChI=1S/C14H20F3N3O3S/c1-8-7-24-11(19-8)13(23,14(15,16)17)5-9(21)18-6-10(22)20-12(2,3)4/h7,23H,5-6H2,1-4H3,(H,18,21)(H,20,22). The van der Waals surface area contributed by atoms with Crippen molar-refractivity contribution >= 4 is 23.2 Å². The minimum absolute atomic E-state index is 0.308. The SMILES string of the molecule is Cc1csc(C(O)(CC(=O)NCC(=O)NC(C)(C)C)C(F)(F)F)n1. The lowest BCUT2D eigenvalue weighted by atomic mass is 9.99. The first-order valence-corrected chi connectivity index (χ1v) is 7.92. The molecule has 0 aromatic carbocycles. The second-order valence-corrected chi connectivity index (χ2v) is 7.26. The van der Waals surface area contributed by atoms with Gasteiger partial charge in [-0.3, -0.25) is 9.59 Å². The highest BCUT2D eigenvalue weighted by Crippen LogP contribution is 2.42. The number of alkyl halides is 3.